The second kappa shape index (κ2) is 16.1. The summed E-state index contributed by atoms with van der Waals surface area (Å²) in [7, 11) is 0. The number of rotatable bonds is 11. The summed E-state index contributed by atoms with van der Waals surface area (Å²) < 4.78 is 0. The number of aliphatic imine (C=N–C) groups is 1. The lowest BCUT2D eigenvalue weighted by Gasteiger charge is -2.26. The molecule has 0 aliphatic heterocycles. The van der Waals surface area contributed by atoms with Crippen molar-refractivity contribution in [1.29, 1.82) is 0 Å². The molecule has 1 saturated carbocycles. The van der Waals surface area contributed by atoms with E-state index >= 15 is 0 Å². The van der Waals surface area contributed by atoms with Crippen LogP contribution in [0.5, 0.6) is 0 Å². The van der Waals surface area contributed by atoms with Crippen LogP contribution >= 0.6 is 0 Å². The minimum atomic E-state index is -0.873. The summed E-state index contributed by atoms with van der Waals surface area (Å²) in [5, 5.41) is 13.0. The first kappa shape index (κ1) is 29.4. The number of primary amides is 1. The topological polar surface area (TPSA) is 203 Å². The number of amides is 3. The lowest BCUT2D eigenvalue weighted by atomic mass is 9.88. The highest BCUT2D eigenvalue weighted by Crippen LogP contribution is 2.24. The molecule has 35 heavy (non-hydrogen) atoms. The number of benzene rings is 1. The van der Waals surface area contributed by atoms with E-state index in [1.807, 2.05) is 30.3 Å². The van der Waals surface area contributed by atoms with E-state index in [1.54, 1.807) is 0 Å². The van der Waals surface area contributed by atoms with Crippen molar-refractivity contribution in [2.75, 3.05) is 6.54 Å². The molecule has 0 bridgehead atoms. The number of carbonyl (C=O) groups excluding carboxylic acids is 3. The predicted molar refractivity (Wildman–Crippen MR) is 133 cm³/mol. The van der Waals surface area contributed by atoms with Gasteiger partial charge in [0.05, 0.1) is 0 Å². The molecule has 9 N–H and O–H groups in total. The van der Waals surface area contributed by atoms with E-state index in [4.69, 9.17) is 27.1 Å². The Kier molecular flexibility index (Phi) is 13.5. The van der Waals surface area contributed by atoms with Crippen molar-refractivity contribution in [2.24, 2.45) is 28.1 Å². The highest BCUT2D eigenvalue weighted by Gasteiger charge is 2.28. The van der Waals surface area contributed by atoms with Crippen molar-refractivity contribution < 1.29 is 24.3 Å². The lowest BCUT2D eigenvalue weighted by molar-refractivity contribution is -0.134. The average Bonchev–Trinajstić information content (AvgIpc) is 2.81. The van der Waals surface area contributed by atoms with Gasteiger partial charge in [0.2, 0.25) is 17.7 Å². The van der Waals surface area contributed by atoms with Gasteiger partial charge in [-0.1, -0.05) is 49.6 Å². The molecule has 11 nitrogen and oxygen atoms in total. The maximum atomic E-state index is 13.0. The van der Waals surface area contributed by atoms with E-state index in [9.17, 15) is 14.4 Å². The van der Waals surface area contributed by atoms with Gasteiger partial charge >= 0.3 is 0 Å². The largest absolute Gasteiger partial charge is 0.481 e. The van der Waals surface area contributed by atoms with Gasteiger partial charge < -0.3 is 32.9 Å². The molecule has 1 aromatic carbocycles. The summed E-state index contributed by atoms with van der Waals surface area (Å²) in [6.45, 7) is 1.43. The number of guanidine groups is 1. The Hall–Kier alpha value is -3.63. The van der Waals surface area contributed by atoms with E-state index in [0.717, 1.165) is 44.6 Å². The normalized spacial score (nSPS) is 14.9. The van der Waals surface area contributed by atoms with Crippen LogP contribution in [-0.4, -0.2) is 53.4 Å². The van der Waals surface area contributed by atoms with E-state index in [0.29, 0.717) is 19.4 Å². The van der Waals surface area contributed by atoms with Crippen molar-refractivity contribution >= 4 is 29.7 Å². The Morgan fingerprint density at radius 1 is 1.00 bits per heavy atom. The van der Waals surface area contributed by atoms with E-state index in [2.05, 4.69) is 15.6 Å². The maximum Gasteiger partial charge on any atom is 0.300 e. The smallest absolute Gasteiger partial charge is 0.300 e. The lowest BCUT2D eigenvalue weighted by Crippen LogP contribution is -2.54. The molecule has 0 radical (unpaired) electrons. The molecule has 1 aliphatic rings. The third-order valence-corrected chi connectivity index (χ3v) is 5.50. The average molecular weight is 491 g/mol. The van der Waals surface area contributed by atoms with Crippen LogP contribution in [0.3, 0.4) is 0 Å². The molecule has 1 fully saturated rings. The Balaban J connectivity index is 0.00000142. The van der Waals surface area contributed by atoms with Crippen LogP contribution in [0.15, 0.2) is 35.3 Å². The number of carboxylic acids is 1. The second-order valence-corrected chi connectivity index (χ2v) is 8.52. The van der Waals surface area contributed by atoms with E-state index < -0.39 is 29.9 Å². The molecule has 2 atom stereocenters. The molecule has 2 unspecified atom stereocenters. The van der Waals surface area contributed by atoms with Gasteiger partial charge in [-0.15, -0.1) is 0 Å². The molecule has 2 rings (SSSR count). The molecule has 0 heterocycles. The zero-order valence-corrected chi connectivity index (χ0v) is 20.2. The Labute approximate surface area is 205 Å². The minimum Gasteiger partial charge on any atom is -0.481 e. The second-order valence-electron chi connectivity index (χ2n) is 8.52. The molecule has 3 amide bonds. The minimum absolute atomic E-state index is 0.0242. The zero-order chi connectivity index (χ0) is 26.2. The van der Waals surface area contributed by atoms with Crippen molar-refractivity contribution in [2.45, 2.75) is 70.4 Å². The van der Waals surface area contributed by atoms with Gasteiger partial charge in [0.25, 0.3) is 5.97 Å². The summed E-state index contributed by atoms with van der Waals surface area (Å²) in [6.07, 6.45) is 5.93. The fraction of sp³-hybridized carbons (Fsp3) is 0.542. The Morgan fingerprint density at radius 2 is 1.60 bits per heavy atom. The molecular formula is C24H38N6O5. The zero-order valence-electron chi connectivity index (χ0n) is 20.2. The van der Waals surface area contributed by atoms with E-state index in [1.165, 1.54) is 0 Å². The quantitative estimate of drug-likeness (QED) is 0.146. The molecule has 1 aliphatic carbocycles. The first-order valence-electron chi connectivity index (χ1n) is 11.8. The van der Waals surface area contributed by atoms with Gasteiger partial charge in [0.15, 0.2) is 5.96 Å². The first-order valence-corrected chi connectivity index (χ1v) is 11.8. The van der Waals surface area contributed by atoms with Gasteiger partial charge in [-0.3, -0.25) is 24.2 Å². The summed E-state index contributed by atoms with van der Waals surface area (Å²) in [5.74, 6) is -2.13. The highest BCUT2D eigenvalue weighted by atomic mass is 16.4. The molecule has 11 heteroatoms. The SMILES string of the molecule is CC(=O)O.NC(=O)C(Cc1ccccc1)NC(=O)C(CCCN=C(N)N)NC(=O)C1CCCCC1. The maximum absolute atomic E-state index is 13.0. The summed E-state index contributed by atoms with van der Waals surface area (Å²) in [6, 6.07) is 7.63. The van der Waals surface area contributed by atoms with Crippen LogP contribution < -0.4 is 27.8 Å². The molecular weight excluding hydrogens is 452 g/mol. The van der Waals surface area contributed by atoms with Crippen molar-refractivity contribution in [3.63, 3.8) is 0 Å². The number of hydrogen-bond acceptors (Lipinski definition) is 5. The van der Waals surface area contributed by atoms with Crippen LogP contribution in [0.4, 0.5) is 0 Å². The number of aliphatic carboxylic acids is 1. The van der Waals surface area contributed by atoms with Crippen LogP contribution in [-0.2, 0) is 25.6 Å². The van der Waals surface area contributed by atoms with Crippen molar-refractivity contribution in [3.8, 4) is 0 Å². The molecule has 0 spiro atoms. The number of carboxylic acid groups (broad SMARTS) is 1. The molecule has 194 valence electrons. The van der Waals surface area contributed by atoms with E-state index in [-0.39, 0.29) is 24.2 Å². The number of hydrogen-bond donors (Lipinski definition) is 6. The molecule has 1 aromatic rings. The Bertz CT molecular complexity index is 847. The fourth-order valence-corrected chi connectivity index (χ4v) is 3.77. The standard InChI is InChI=1S/C22H34N6O3.C2H4O2/c23-19(29)18(14-15-8-3-1-4-9-15)28-21(31)17(12-7-13-26-22(24)25)27-20(30)16-10-5-2-6-11-16;1-2(3)4/h1,3-4,8-9,16-18H,2,5-7,10-14H2,(H2,23,29)(H,27,30)(H,28,31)(H4,24,25,26);1H3,(H,3,4). The summed E-state index contributed by atoms with van der Waals surface area (Å²) in [5.41, 5.74) is 17.1. The monoisotopic (exact) mass is 490 g/mol. The van der Waals surface area contributed by atoms with Gasteiger partial charge in [0.1, 0.15) is 12.1 Å². The van der Waals surface area contributed by atoms with Crippen molar-refractivity contribution in [3.05, 3.63) is 35.9 Å². The first-order chi connectivity index (χ1) is 16.6. The Morgan fingerprint density at radius 3 is 2.14 bits per heavy atom. The summed E-state index contributed by atoms with van der Waals surface area (Å²) >= 11 is 0. The van der Waals surface area contributed by atoms with Gasteiger partial charge in [0, 0.05) is 25.8 Å². The third kappa shape index (κ3) is 13.0. The number of nitrogens with one attached hydrogen (secondary N) is 2. The van der Waals surface area contributed by atoms with Crippen LogP contribution in [0, 0.1) is 5.92 Å². The third-order valence-electron chi connectivity index (χ3n) is 5.50. The number of carbonyl (C=O) groups is 4. The number of nitrogens with zero attached hydrogens (tertiary/aromatic N) is 1. The van der Waals surface area contributed by atoms with Gasteiger partial charge in [-0.2, -0.15) is 0 Å². The molecule has 0 aromatic heterocycles. The predicted octanol–water partition coefficient (Wildman–Crippen LogP) is 0.409. The summed E-state index contributed by atoms with van der Waals surface area (Å²) in [4.78, 5) is 50.6. The van der Waals surface area contributed by atoms with Crippen molar-refractivity contribution in [1.82, 2.24) is 10.6 Å². The van der Waals surface area contributed by atoms with Crippen LogP contribution in [0.25, 0.3) is 0 Å². The van der Waals surface area contributed by atoms with Gasteiger partial charge in [-0.05, 0) is 31.2 Å². The highest BCUT2D eigenvalue weighted by molar-refractivity contribution is 5.92. The number of nitrogens with two attached hydrogens (primary N) is 3. The molecule has 0 saturated heterocycles. The fourth-order valence-electron chi connectivity index (χ4n) is 3.77. The van der Waals surface area contributed by atoms with Crippen LogP contribution in [0.1, 0.15) is 57.4 Å². The van der Waals surface area contributed by atoms with Gasteiger partial charge in [-0.25, -0.2) is 0 Å². The van der Waals surface area contributed by atoms with Crippen LogP contribution in [0.2, 0.25) is 0 Å².